The van der Waals surface area contributed by atoms with Crippen LogP contribution in [0.2, 0.25) is 0 Å². The van der Waals surface area contributed by atoms with Crippen molar-refractivity contribution in [3.63, 3.8) is 0 Å². The van der Waals surface area contributed by atoms with Crippen molar-refractivity contribution in [2.45, 2.75) is 91.9 Å². The first kappa shape index (κ1) is 17.9. The van der Waals surface area contributed by atoms with Gasteiger partial charge >= 0.3 is 0 Å². The van der Waals surface area contributed by atoms with Crippen molar-refractivity contribution < 1.29 is 4.74 Å². The van der Waals surface area contributed by atoms with E-state index in [-0.39, 0.29) is 22.2 Å². The van der Waals surface area contributed by atoms with Gasteiger partial charge in [0.2, 0.25) is 0 Å². The van der Waals surface area contributed by atoms with Crippen molar-refractivity contribution in [1.29, 1.82) is 0 Å². The van der Waals surface area contributed by atoms with E-state index in [2.05, 4.69) is 67.6 Å². The first-order valence-corrected chi connectivity index (χ1v) is 7.07. The Hall–Kier alpha value is -0.0800. The lowest BCUT2D eigenvalue weighted by atomic mass is 9.82. The molecule has 0 radical (unpaired) electrons. The van der Waals surface area contributed by atoms with Gasteiger partial charge in [-0.1, -0.05) is 20.8 Å². The maximum Gasteiger partial charge on any atom is 0.0651 e. The lowest BCUT2D eigenvalue weighted by Crippen LogP contribution is -2.47. The Kier molecular flexibility index (Phi) is 5.48. The van der Waals surface area contributed by atoms with Gasteiger partial charge in [0.05, 0.1) is 11.2 Å². The van der Waals surface area contributed by atoms with Gasteiger partial charge in [0.25, 0.3) is 0 Å². The second-order valence-corrected chi connectivity index (χ2v) is 8.67. The van der Waals surface area contributed by atoms with Gasteiger partial charge in [0.1, 0.15) is 0 Å². The minimum atomic E-state index is -0.124. The zero-order valence-corrected chi connectivity index (χ0v) is 14.3. The molecule has 0 aromatic heterocycles. The van der Waals surface area contributed by atoms with Crippen molar-refractivity contribution in [1.82, 2.24) is 5.32 Å². The van der Waals surface area contributed by atoms with Gasteiger partial charge in [-0.15, -0.1) is 0 Å². The molecule has 0 rings (SSSR count). The van der Waals surface area contributed by atoms with E-state index in [4.69, 9.17) is 4.74 Å². The highest BCUT2D eigenvalue weighted by atomic mass is 16.5. The molecular formula is C16H35NO. The summed E-state index contributed by atoms with van der Waals surface area (Å²) in [5.74, 6) is 0. The van der Waals surface area contributed by atoms with Crippen LogP contribution in [0, 0.1) is 5.41 Å². The van der Waals surface area contributed by atoms with E-state index in [1.165, 1.54) is 0 Å². The molecule has 0 atom stereocenters. The van der Waals surface area contributed by atoms with Gasteiger partial charge in [-0.2, -0.15) is 0 Å². The van der Waals surface area contributed by atoms with E-state index in [1.54, 1.807) is 0 Å². The molecule has 0 aliphatic carbocycles. The number of rotatable bonds is 6. The Bertz CT molecular complexity index is 259. The summed E-state index contributed by atoms with van der Waals surface area (Å²) in [7, 11) is 2.01. The third kappa shape index (κ3) is 8.10. The van der Waals surface area contributed by atoms with Gasteiger partial charge in [0.15, 0.2) is 0 Å². The molecule has 0 heterocycles. The predicted octanol–water partition coefficient (Wildman–Crippen LogP) is 4.38. The van der Waals surface area contributed by atoms with E-state index in [0.29, 0.717) is 0 Å². The molecule has 0 aromatic rings. The summed E-state index contributed by atoms with van der Waals surface area (Å²) in [6.45, 7) is 20.0. The van der Waals surface area contributed by atoms with Gasteiger partial charge < -0.3 is 10.1 Å². The van der Waals surface area contributed by atoms with Crippen LogP contribution in [-0.4, -0.2) is 23.8 Å². The Morgan fingerprint density at radius 1 is 0.722 bits per heavy atom. The highest BCUT2D eigenvalue weighted by Gasteiger charge is 2.35. The normalized spacial score (nSPS) is 15.0. The van der Waals surface area contributed by atoms with Crippen molar-refractivity contribution in [3.05, 3.63) is 0 Å². The third-order valence-corrected chi connectivity index (χ3v) is 3.05. The van der Waals surface area contributed by atoms with Crippen LogP contribution in [0.1, 0.15) is 75.2 Å². The Labute approximate surface area is 115 Å². The molecule has 0 aromatic carbocycles. The smallest absolute Gasteiger partial charge is 0.0651 e. The molecular weight excluding hydrogens is 222 g/mol. The molecule has 0 unspecified atom stereocenters. The summed E-state index contributed by atoms with van der Waals surface area (Å²) in [6.07, 6.45) is 2.05. The van der Waals surface area contributed by atoms with Crippen molar-refractivity contribution in [2.24, 2.45) is 5.41 Å². The molecule has 2 nitrogen and oxygen atoms in total. The molecule has 0 aliphatic heterocycles. The quantitative estimate of drug-likeness (QED) is 0.762. The maximum atomic E-state index is 6.40. The molecule has 0 fully saturated rings. The van der Waals surface area contributed by atoms with E-state index in [9.17, 15) is 0 Å². The Morgan fingerprint density at radius 3 is 1.44 bits per heavy atom. The van der Waals surface area contributed by atoms with Gasteiger partial charge in [-0.3, -0.25) is 0 Å². The number of hydrogen-bond acceptors (Lipinski definition) is 2. The molecule has 0 spiro atoms. The number of ether oxygens (including phenoxy) is 1. The van der Waals surface area contributed by atoms with Crippen LogP contribution < -0.4 is 5.32 Å². The summed E-state index contributed by atoms with van der Waals surface area (Å²) >= 11 is 0. The van der Waals surface area contributed by atoms with Crippen LogP contribution in [0.3, 0.4) is 0 Å². The van der Waals surface area contributed by atoms with Crippen LogP contribution in [0.15, 0.2) is 0 Å². The zero-order chi connectivity index (χ0) is 14.8. The van der Waals surface area contributed by atoms with Crippen LogP contribution in [-0.2, 0) is 4.74 Å². The second-order valence-electron chi connectivity index (χ2n) is 8.67. The van der Waals surface area contributed by atoms with Crippen LogP contribution in [0.4, 0.5) is 0 Å². The lowest BCUT2D eigenvalue weighted by molar-refractivity contribution is -0.146. The lowest BCUT2D eigenvalue weighted by Gasteiger charge is -2.42. The fourth-order valence-electron chi connectivity index (χ4n) is 3.25. The summed E-state index contributed by atoms with van der Waals surface area (Å²) in [5, 5.41) is 3.35. The third-order valence-electron chi connectivity index (χ3n) is 3.05. The number of hydrogen-bond donors (Lipinski definition) is 1. The molecule has 18 heavy (non-hydrogen) atoms. The Morgan fingerprint density at radius 2 is 1.11 bits per heavy atom. The van der Waals surface area contributed by atoms with Crippen LogP contribution >= 0.6 is 0 Å². The molecule has 1 N–H and O–H groups in total. The molecule has 0 saturated carbocycles. The fourth-order valence-corrected chi connectivity index (χ4v) is 3.25. The van der Waals surface area contributed by atoms with Crippen LogP contribution in [0.5, 0.6) is 0 Å². The molecule has 0 bridgehead atoms. The van der Waals surface area contributed by atoms with E-state index in [0.717, 1.165) is 12.8 Å². The van der Waals surface area contributed by atoms with Gasteiger partial charge in [-0.25, -0.2) is 0 Å². The summed E-state index contributed by atoms with van der Waals surface area (Å²) in [5.41, 5.74) is 0.173. The van der Waals surface area contributed by atoms with E-state index in [1.807, 2.05) is 7.05 Å². The Balaban J connectivity index is 4.66. The minimum absolute atomic E-state index is 0.0917. The maximum absolute atomic E-state index is 6.40. The average molecular weight is 257 g/mol. The van der Waals surface area contributed by atoms with E-state index >= 15 is 0 Å². The number of nitrogens with one attached hydrogen (secondary N) is 1. The van der Waals surface area contributed by atoms with Crippen molar-refractivity contribution in [2.75, 3.05) is 7.05 Å². The first-order chi connectivity index (χ1) is 7.68. The topological polar surface area (TPSA) is 21.3 Å². The van der Waals surface area contributed by atoms with E-state index < -0.39 is 0 Å². The zero-order valence-electron chi connectivity index (χ0n) is 14.3. The second kappa shape index (κ2) is 5.50. The minimum Gasteiger partial charge on any atom is -0.370 e. The highest BCUT2D eigenvalue weighted by molar-refractivity contribution is 4.88. The molecule has 0 saturated heterocycles. The fraction of sp³-hybridized carbons (Fsp3) is 1.00. The molecule has 110 valence electrons. The summed E-state index contributed by atoms with van der Waals surface area (Å²) < 4.78 is 6.40. The largest absolute Gasteiger partial charge is 0.370 e. The summed E-state index contributed by atoms with van der Waals surface area (Å²) in [6, 6.07) is 0. The molecule has 0 amide bonds. The average Bonchev–Trinajstić information content (AvgIpc) is 1.93. The SMILES string of the molecule is CNC(C)(C)CC(C)(C)OC(C)(C)CC(C)(C)C. The van der Waals surface area contributed by atoms with Crippen molar-refractivity contribution >= 4 is 0 Å². The summed E-state index contributed by atoms with van der Waals surface area (Å²) in [4.78, 5) is 0. The monoisotopic (exact) mass is 257 g/mol. The van der Waals surface area contributed by atoms with Crippen molar-refractivity contribution in [3.8, 4) is 0 Å². The standard InChI is InChI=1S/C16H35NO/c1-13(2,3)11-15(6,7)18-16(8,9)12-14(4,5)17-10/h17H,11-12H2,1-10H3. The molecule has 0 aliphatic rings. The first-order valence-electron chi connectivity index (χ1n) is 7.07. The molecule has 2 heteroatoms. The highest BCUT2D eigenvalue weighted by Crippen LogP contribution is 2.35. The van der Waals surface area contributed by atoms with Gasteiger partial charge in [-0.05, 0) is 66.8 Å². The predicted molar refractivity (Wildman–Crippen MR) is 81.1 cm³/mol. The van der Waals surface area contributed by atoms with Gasteiger partial charge in [0, 0.05) is 5.54 Å². The van der Waals surface area contributed by atoms with Crippen LogP contribution in [0.25, 0.3) is 0 Å².